The Morgan fingerprint density at radius 3 is 2.90 bits per heavy atom. The number of urea groups is 1. The van der Waals surface area contributed by atoms with E-state index in [9.17, 15) is 9.18 Å². The van der Waals surface area contributed by atoms with E-state index in [1.165, 1.54) is 17.8 Å². The minimum Gasteiger partial charge on any atom is -0.482 e. The maximum absolute atomic E-state index is 13.8. The summed E-state index contributed by atoms with van der Waals surface area (Å²) in [4.78, 5) is 15.1. The number of hydrogen-bond acceptors (Lipinski definition) is 7. The minimum absolute atomic E-state index is 0.00923. The number of fused-ring (bicyclic) bond motifs is 1. The Hall–Kier alpha value is -2.37. The second kappa shape index (κ2) is 10.1. The Balaban J connectivity index is 1.33. The van der Waals surface area contributed by atoms with Crippen LogP contribution in [0.5, 0.6) is 5.75 Å². The van der Waals surface area contributed by atoms with Crippen LogP contribution in [0.4, 0.5) is 9.18 Å². The van der Waals surface area contributed by atoms with Gasteiger partial charge in [0.15, 0.2) is 17.4 Å². The molecule has 9 nitrogen and oxygen atoms in total. The maximum atomic E-state index is 13.8. The number of para-hydroxylation sites is 1. The number of halogens is 1. The van der Waals surface area contributed by atoms with Crippen LogP contribution >= 0.6 is 11.8 Å². The Kier molecular flexibility index (Phi) is 7.03. The molecule has 1 aromatic carbocycles. The van der Waals surface area contributed by atoms with Crippen molar-refractivity contribution in [2.45, 2.75) is 18.2 Å². The lowest BCUT2D eigenvalue weighted by Gasteiger charge is -2.29. The monoisotopic (exact) mass is 436 g/mol. The number of ether oxygens (including phenoxy) is 2. The van der Waals surface area contributed by atoms with Gasteiger partial charge in [-0.05, 0) is 25.1 Å². The smallest absolute Gasteiger partial charge is 0.336 e. The molecule has 1 saturated heterocycles. The minimum atomic E-state index is -0.444. The molecule has 1 N–H and O–H groups in total. The molecule has 4 rings (SSSR count). The fraction of sp³-hybridized carbons (Fsp3) is 0.526. The average molecular weight is 437 g/mol. The number of thioether (sulfide) groups is 1. The molecule has 2 amide bonds. The Morgan fingerprint density at radius 1 is 1.23 bits per heavy atom. The summed E-state index contributed by atoms with van der Waals surface area (Å²) in [6.07, 6.45) is 0.868. The van der Waals surface area contributed by atoms with Crippen molar-refractivity contribution in [2.24, 2.45) is 0 Å². The molecule has 1 aromatic heterocycles. The van der Waals surface area contributed by atoms with Crippen LogP contribution in [0.3, 0.4) is 0 Å². The fourth-order valence-corrected chi connectivity index (χ4v) is 4.22. The van der Waals surface area contributed by atoms with Crippen molar-refractivity contribution in [3.05, 3.63) is 35.9 Å². The van der Waals surface area contributed by atoms with Crippen molar-refractivity contribution in [3.63, 3.8) is 0 Å². The highest BCUT2D eigenvalue weighted by atomic mass is 32.2. The van der Waals surface area contributed by atoms with Gasteiger partial charge in [0.25, 0.3) is 0 Å². The summed E-state index contributed by atoms with van der Waals surface area (Å²) in [6.45, 7) is 5.46. The summed E-state index contributed by atoms with van der Waals surface area (Å²) >= 11 is 1.52. The molecule has 0 atom stereocenters. The number of amides is 2. The van der Waals surface area contributed by atoms with Crippen LogP contribution in [0.2, 0.25) is 0 Å². The van der Waals surface area contributed by atoms with Gasteiger partial charge in [0, 0.05) is 25.4 Å². The van der Waals surface area contributed by atoms with Gasteiger partial charge in [-0.25, -0.2) is 18.9 Å². The van der Waals surface area contributed by atoms with Crippen molar-refractivity contribution in [2.75, 3.05) is 56.7 Å². The van der Waals surface area contributed by atoms with Gasteiger partial charge in [0.1, 0.15) is 6.61 Å². The van der Waals surface area contributed by atoms with Gasteiger partial charge in [-0.3, -0.25) is 4.90 Å². The van der Waals surface area contributed by atoms with E-state index in [0.29, 0.717) is 24.1 Å². The lowest BCUT2D eigenvalue weighted by atomic mass is 10.3. The van der Waals surface area contributed by atoms with E-state index in [2.05, 4.69) is 20.4 Å². The third-order valence-electron chi connectivity index (χ3n) is 4.91. The van der Waals surface area contributed by atoms with Crippen LogP contribution in [-0.2, 0) is 11.3 Å². The van der Waals surface area contributed by atoms with Crippen molar-refractivity contribution in [3.8, 4) is 5.75 Å². The molecular weight excluding hydrogens is 411 g/mol. The molecule has 1 fully saturated rings. The van der Waals surface area contributed by atoms with Crippen molar-refractivity contribution >= 4 is 17.8 Å². The van der Waals surface area contributed by atoms with Gasteiger partial charge in [-0.2, -0.15) is 0 Å². The number of hydrogen-bond donors (Lipinski definition) is 1. The number of aromatic nitrogens is 3. The first-order valence-electron chi connectivity index (χ1n) is 10.0. The number of carbonyl (C=O) groups excluding carboxylic acids is 1. The summed E-state index contributed by atoms with van der Waals surface area (Å²) in [5.74, 6) is 0.870. The number of morpholine rings is 1. The topological polar surface area (TPSA) is 84.8 Å². The van der Waals surface area contributed by atoms with Gasteiger partial charge in [0.2, 0.25) is 5.16 Å². The van der Waals surface area contributed by atoms with Crippen LogP contribution in [0.1, 0.15) is 12.2 Å². The van der Waals surface area contributed by atoms with E-state index in [1.54, 1.807) is 27.9 Å². The van der Waals surface area contributed by atoms with E-state index in [4.69, 9.17) is 9.47 Å². The largest absolute Gasteiger partial charge is 0.482 e. The number of nitrogens with one attached hydrogen (secondary N) is 1. The van der Waals surface area contributed by atoms with Crippen LogP contribution in [0.15, 0.2) is 29.4 Å². The van der Waals surface area contributed by atoms with Crippen LogP contribution in [0, 0.1) is 5.82 Å². The molecule has 0 aliphatic carbocycles. The van der Waals surface area contributed by atoms with E-state index in [-0.39, 0.29) is 18.4 Å². The second-order valence-corrected chi connectivity index (χ2v) is 8.00. The zero-order chi connectivity index (χ0) is 20.8. The van der Waals surface area contributed by atoms with Crippen molar-refractivity contribution in [1.82, 2.24) is 25.1 Å². The zero-order valence-electron chi connectivity index (χ0n) is 16.6. The Labute approximate surface area is 178 Å². The number of rotatable bonds is 7. The van der Waals surface area contributed by atoms with E-state index in [0.717, 1.165) is 45.0 Å². The summed E-state index contributed by atoms with van der Waals surface area (Å²) in [5, 5.41) is 13.5. The molecular formula is C19H25FN6O3S. The molecule has 0 unspecified atom stereocenters. The lowest BCUT2D eigenvalue weighted by Crippen LogP contribution is -2.51. The SMILES string of the molecule is O=C(NCCCN1CCOCC1)N1CCSc2nnc(COc3ccccc3F)n21. The van der Waals surface area contributed by atoms with E-state index < -0.39 is 5.82 Å². The first kappa shape index (κ1) is 20.9. The van der Waals surface area contributed by atoms with Crippen LogP contribution in [0.25, 0.3) is 0 Å². The number of carbonyl (C=O) groups is 1. The highest BCUT2D eigenvalue weighted by Gasteiger charge is 2.27. The molecule has 2 aliphatic rings. The molecule has 0 spiro atoms. The van der Waals surface area contributed by atoms with Crippen LogP contribution < -0.4 is 15.1 Å². The first-order chi connectivity index (χ1) is 14.7. The molecule has 0 bridgehead atoms. The van der Waals surface area contributed by atoms with Crippen molar-refractivity contribution < 1.29 is 18.7 Å². The normalized spacial score (nSPS) is 16.9. The van der Waals surface area contributed by atoms with Crippen molar-refractivity contribution in [1.29, 1.82) is 0 Å². The summed E-state index contributed by atoms with van der Waals surface area (Å²) in [6, 6.07) is 5.98. The predicted octanol–water partition coefficient (Wildman–Crippen LogP) is 1.47. The molecule has 3 heterocycles. The molecule has 0 radical (unpaired) electrons. The van der Waals surface area contributed by atoms with E-state index >= 15 is 0 Å². The fourth-order valence-electron chi connectivity index (χ4n) is 3.35. The van der Waals surface area contributed by atoms with E-state index in [1.807, 2.05) is 0 Å². The summed E-state index contributed by atoms with van der Waals surface area (Å²) in [7, 11) is 0. The molecule has 162 valence electrons. The summed E-state index contributed by atoms with van der Waals surface area (Å²) in [5.41, 5.74) is 0. The highest BCUT2D eigenvalue weighted by molar-refractivity contribution is 7.99. The van der Waals surface area contributed by atoms with Gasteiger partial charge < -0.3 is 14.8 Å². The first-order valence-corrected chi connectivity index (χ1v) is 11.0. The lowest BCUT2D eigenvalue weighted by molar-refractivity contribution is 0.0375. The Morgan fingerprint density at radius 2 is 2.07 bits per heavy atom. The zero-order valence-corrected chi connectivity index (χ0v) is 17.4. The quantitative estimate of drug-likeness (QED) is 0.658. The third-order valence-corrected chi connectivity index (χ3v) is 5.81. The average Bonchev–Trinajstić information content (AvgIpc) is 3.20. The molecule has 2 aromatic rings. The number of benzene rings is 1. The molecule has 30 heavy (non-hydrogen) atoms. The standard InChI is InChI=1S/C19H25FN6O3S/c20-15-4-1-2-5-16(15)29-14-17-22-23-19-26(17)25(10-13-30-19)18(27)21-6-3-7-24-8-11-28-12-9-24/h1-2,4-5H,3,6-14H2,(H,21,27). The molecule has 11 heteroatoms. The third kappa shape index (κ3) is 5.02. The Bertz CT molecular complexity index is 861. The molecule has 0 saturated carbocycles. The van der Waals surface area contributed by atoms with Gasteiger partial charge in [0.05, 0.1) is 19.8 Å². The molecule has 2 aliphatic heterocycles. The van der Waals surface area contributed by atoms with Crippen LogP contribution in [-0.4, -0.2) is 77.5 Å². The predicted molar refractivity (Wildman–Crippen MR) is 110 cm³/mol. The van der Waals surface area contributed by atoms with Gasteiger partial charge >= 0.3 is 6.03 Å². The second-order valence-electron chi connectivity index (χ2n) is 6.94. The van der Waals surface area contributed by atoms with Gasteiger partial charge in [-0.15, -0.1) is 10.2 Å². The summed E-state index contributed by atoms with van der Waals surface area (Å²) < 4.78 is 26.4. The van der Waals surface area contributed by atoms with Gasteiger partial charge in [-0.1, -0.05) is 23.9 Å². The highest BCUT2D eigenvalue weighted by Crippen LogP contribution is 2.23. The maximum Gasteiger partial charge on any atom is 0.336 e. The number of nitrogens with zero attached hydrogens (tertiary/aromatic N) is 5.